The minimum Gasteiger partial charge on any atom is -0.368 e. The van der Waals surface area contributed by atoms with Gasteiger partial charge in [-0.2, -0.15) is 4.98 Å². The summed E-state index contributed by atoms with van der Waals surface area (Å²) in [5.74, 6) is 1.98. The number of hydrogen-bond donors (Lipinski definition) is 0. The minimum absolute atomic E-state index is 0.572. The fraction of sp³-hybridized carbons (Fsp3) is 0.545. The Hall–Kier alpha value is -2.01. The van der Waals surface area contributed by atoms with Gasteiger partial charge >= 0.3 is 0 Å². The molecule has 2 saturated heterocycles. The number of halogens is 1. The summed E-state index contributed by atoms with van der Waals surface area (Å²) in [6, 6.07) is 10.8. The van der Waals surface area contributed by atoms with Crippen LogP contribution >= 0.6 is 11.6 Å². The standard InChI is InChI=1S/C22H30ClN5/c1-3-19-8-4-5-10-28(19)22-24-17(2)15-21(25-22)27-13-11-26(12-14-27)20-9-6-7-18(23)16-20/h6-7,9,15-16,19H,3-5,8,10-14H2,1-2H3. The first-order chi connectivity index (χ1) is 13.6. The monoisotopic (exact) mass is 399 g/mol. The van der Waals surface area contributed by atoms with Crippen LogP contribution in [0.25, 0.3) is 0 Å². The maximum absolute atomic E-state index is 6.16. The molecule has 1 atom stereocenters. The van der Waals surface area contributed by atoms with Gasteiger partial charge in [-0.3, -0.25) is 0 Å². The Balaban J connectivity index is 1.48. The Labute approximate surface area is 173 Å². The van der Waals surface area contributed by atoms with Crippen LogP contribution in [0, 0.1) is 6.92 Å². The van der Waals surface area contributed by atoms with E-state index in [1.807, 2.05) is 18.2 Å². The Morgan fingerprint density at radius 1 is 1.00 bits per heavy atom. The third-order valence-corrected chi connectivity index (χ3v) is 6.20. The fourth-order valence-corrected chi connectivity index (χ4v) is 4.57. The van der Waals surface area contributed by atoms with Crippen LogP contribution in [-0.4, -0.2) is 48.7 Å². The molecule has 5 nitrogen and oxygen atoms in total. The predicted octanol–water partition coefficient (Wildman–Crippen LogP) is 4.53. The van der Waals surface area contributed by atoms with E-state index in [-0.39, 0.29) is 0 Å². The summed E-state index contributed by atoms with van der Waals surface area (Å²) in [7, 11) is 0. The summed E-state index contributed by atoms with van der Waals surface area (Å²) in [6.07, 6.45) is 4.97. The van der Waals surface area contributed by atoms with Gasteiger partial charge in [0.2, 0.25) is 5.95 Å². The predicted molar refractivity (Wildman–Crippen MR) is 118 cm³/mol. The van der Waals surface area contributed by atoms with Crippen molar-refractivity contribution >= 4 is 29.1 Å². The topological polar surface area (TPSA) is 35.5 Å². The molecule has 4 rings (SSSR count). The smallest absolute Gasteiger partial charge is 0.227 e. The lowest BCUT2D eigenvalue weighted by atomic mass is 10.0. The van der Waals surface area contributed by atoms with Gasteiger partial charge in [-0.1, -0.05) is 24.6 Å². The Morgan fingerprint density at radius 2 is 1.79 bits per heavy atom. The Morgan fingerprint density at radius 3 is 2.54 bits per heavy atom. The first-order valence-corrected chi connectivity index (χ1v) is 10.9. The van der Waals surface area contributed by atoms with E-state index in [1.54, 1.807) is 0 Å². The van der Waals surface area contributed by atoms with Gasteiger partial charge in [0.05, 0.1) is 0 Å². The molecule has 0 amide bonds. The molecule has 2 aliphatic heterocycles. The number of nitrogens with zero attached hydrogens (tertiary/aromatic N) is 5. The summed E-state index contributed by atoms with van der Waals surface area (Å²) in [5, 5.41) is 0.794. The molecule has 2 fully saturated rings. The molecule has 1 aromatic carbocycles. The molecule has 28 heavy (non-hydrogen) atoms. The minimum atomic E-state index is 0.572. The maximum Gasteiger partial charge on any atom is 0.227 e. The number of piperazine rings is 1. The molecule has 0 radical (unpaired) electrons. The van der Waals surface area contributed by atoms with E-state index in [1.165, 1.54) is 24.9 Å². The van der Waals surface area contributed by atoms with Gasteiger partial charge in [-0.05, 0) is 50.8 Å². The van der Waals surface area contributed by atoms with E-state index in [4.69, 9.17) is 21.6 Å². The van der Waals surface area contributed by atoms with Crippen LogP contribution in [0.4, 0.5) is 17.5 Å². The average Bonchev–Trinajstić information content (AvgIpc) is 2.73. The average molecular weight is 400 g/mol. The molecule has 0 spiro atoms. The molecule has 6 heteroatoms. The molecule has 1 unspecified atom stereocenters. The third kappa shape index (κ3) is 4.19. The second-order valence-corrected chi connectivity index (χ2v) is 8.31. The normalized spacial score (nSPS) is 20.5. The van der Waals surface area contributed by atoms with Crippen LogP contribution in [0.2, 0.25) is 5.02 Å². The first kappa shape index (κ1) is 19.3. The molecule has 0 N–H and O–H groups in total. The van der Waals surface area contributed by atoms with Crippen LogP contribution in [0.3, 0.4) is 0 Å². The van der Waals surface area contributed by atoms with Crippen LogP contribution in [-0.2, 0) is 0 Å². The van der Waals surface area contributed by atoms with Crippen LogP contribution in [0.5, 0.6) is 0 Å². The van der Waals surface area contributed by atoms with Crippen LogP contribution < -0.4 is 14.7 Å². The molecular formula is C22H30ClN5. The number of hydrogen-bond acceptors (Lipinski definition) is 5. The van der Waals surface area contributed by atoms with E-state index in [0.29, 0.717) is 6.04 Å². The molecule has 0 bridgehead atoms. The second kappa shape index (κ2) is 8.56. The lowest BCUT2D eigenvalue weighted by Crippen LogP contribution is -2.47. The van der Waals surface area contributed by atoms with Crippen LogP contribution in [0.1, 0.15) is 38.3 Å². The summed E-state index contributed by atoms with van der Waals surface area (Å²) in [5.41, 5.74) is 2.25. The zero-order valence-electron chi connectivity index (χ0n) is 16.9. The molecule has 150 valence electrons. The van der Waals surface area contributed by atoms with Gasteiger partial charge in [0.25, 0.3) is 0 Å². The van der Waals surface area contributed by atoms with E-state index < -0.39 is 0 Å². The number of anilines is 3. The van der Waals surface area contributed by atoms with E-state index >= 15 is 0 Å². The van der Waals surface area contributed by atoms with Crippen molar-refractivity contribution in [3.05, 3.63) is 41.0 Å². The van der Waals surface area contributed by atoms with Gasteiger partial charge in [0, 0.05) is 61.2 Å². The fourth-order valence-electron chi connectivity index (χ4n) is 4.38. The van der Waals surface area contributed by atoms with Crippen molar-refractivity contribution in [3.8, 4) is 0 Å². The number of aryl methyl sites for hydroxylation is 1. The van der Waals surface area contributed by atoms with Crippen molar-refractivity contribution < 1.29 is 0 Å². The molecule has 2 aromatic rings. The Bertz CT molecular complexity index is 803. The molecule has 0 aliphatic carbocycles. The lowest BCUT2D eigenvalue weighted by molar-refractivity contribution is 0.443. The highest BCUT2D eigenvalue weighted by molar-refractivity contribution is 6.30. The lowest BCUT2D eigenvalue weighted by Gasteiger charge is -2.38. The van der Waals surface area contributed by atoms with Gasteiger partial charge < -0.3 is 14.7 Å². The highest BCUT2D eigenvalue weighted by atomic mass is 35.5. The molecule has 2 aliphatic rings. The van der Waals surface area contributed by atoms with Crippen molar-refractivity contribution in [1.82, 2.24) is 9.97 Å². The molecule has 0 saturated carbocycles. The number of rotatable bonds is 4. The second-order valence-electron chi connectivity index (χ2n) is 7.87. The van der Waals surface area contributed by atoms with E-state index in [9.17, 15) is 0 Å². The third-order valence-electron chi connectivity index (χ3n) is 5.96. The van der Waals surface area contributed by atoms with E-state index in [2.05, 4.69) is 40.7 Å². The maximum atomic E-state index is 6.16. The summed E-state index contributed by atoms with van der Waals surface area (Å²) in [4.78, 5) is 17.0. The zero-order valence-corrected chi connectivity index (χ0v) is 17.7. The van der Waals surface area contributed by atoms with Crippen LogP contribution in [0.15, 0.2) is 30.3 Å². The Kier molecular flexibility index (Phi) is 5.90. The summed E-state index contributed by atoms with van der Waals surface area (Å²) >= 11 is 6.16. The molecule has 1 aromatic heterocycles. The quantitative estimate of drug-likeness (QED) is 0.754. The summed E-state index contributed by atoms with van der Waals surface area (Å²) < 4.78 is 0. The molecule has 3 heterocycles. The zero-order chi connectivity index (χ0) is 19.5. The highest BCUT2D eigenvalue weighted by Crippen LogP contribution is 2.27. The van der Waals surface area contributed by atoms with Gasteiger partial charge in [0.15, 0.2) is 0 Å². The van der Waals surface area contributed by atoms with Crippen molar-refractivity contribution in [3.63, 3.8) is 0 Å². The van der Waals surface area contributed by atoms with Crippen molar-refractivity contribution in [1.29, 1.82) is 0 Å². The SMILES string of the molecule is CCC1CCCCN1c1nc(C)cc(N2CCN(c3cccc(Cl)c3)CC2)n1. The van der Waals surface area contributed by atoms with Gasteiger partial charge in [-0.15, -0.1) is 0 Å². The number of aromatic nitrogens is 2. The van der Waals surface area contributed by atoms with Gasteiger partial charge in [-0.25, -0.2) is 4.98 Å². The first-order valence-electron chi connectivity index (χ1n) is 10.5. The van der Waals surface area contributed by atoms with Gasteiger partial charge in [0.1, 0.15) is 5.82 Å². The van der Waals surface area contributed by atoms with Crippen molar-refractivity contribution in [2.45, 2.75) is 45.6 Å². The van der Waals surface area contributed by atoms with E-state index in [0.717, 1.165) is 61.6 Å². The van der Waals surface area contributed by atoms with Crippen molar-refractivity contribution in [2.75, 3.05) is 47.4 Å². The number of benzene rings is 1. The van der Waals surface area contributed by atoms with Crippen molar-refractivity contribution in [2.24, 2.45) is 0 Å². The molecular weight excluding hydrogens is 370 g/mol. The number of piperidine rings is 1. The highest BCUT2D eigenvalue weighted by Gasteiger charge is 2.25. The summed E-state index contributed by atoms with van der Waals surface area (Å²) in [6.45, 7) is 9.29. The largest absolute Gasteiger partial charge is 0.368 e.